The molecule has 0 amide bonds. The number of fused-ring (bicyclic) bond motifs is 1. The van der Waals surface area contributed by atoms with Crippen molar-refractivity contribution in [1.29, 1.82) is 0 Å². The number of aromatic nitrogens is 3. The molecule has 100 valence electrons. The predicted octanol–water partition coefficient (Wildman–Crippen LogP) is 1.20. The first kappa shape index (κ1) is 12.2. The van der Waals surface area contributed by atoms with Crippen molar-refractivity contribution in [1.82, 2.24) is 14.8 Å². The highest BCUT2D eigenvalue weighted by atomic mass is 16.5. The van der Waals surface area contributed by atoms with Gasteiger partial charge in [0.15, 0.2) is 0 Å². The van der Waals surface area contributed by atoms with E-state index in [0.29, 0.717) is 12.8 Å². The van der Waals surface area contributed by atoms with Gasteiger partial charge in [-0.25, -0.2) is 4.98 Å². The fourth-order valence-electron chi connectivity index (χ4n) is 2.74. The van der Waals surface area contributed by atoms with Gasteiger partial charge in [0.2, 0.25) is 0 Å². The number of hydrogen-bond acceptors (Lipinski definition) is 4. The number of methoxy groups -OCH3 is 1. The lowest BCUT2D eigenvalue weighted by Gasteiger charge is -2.23. The Morgan fingerprint density at radius 2 is 2.32 bits per heavy atom. The predicted molar refractivity (Wildman–Crippen MR) is 69.9 cm³/mol. The number of rotatable bonds is 3. The van der Waals surface area contributed by atoms with Gasteiger partial charge in [-0.1, -0.05) is 6.07 Å². The number of benzene rings is 1. The minimum absolute atomic E-state index is 0.476. The van der Waals surface area contributed by atoms with Crippen LogP contribution in [0.1, 0.15) is 23.4 Å². The summed E-state index contributed by atoms with van der Waals surface area (Å²) in [6.07, 6.45) is 3.58. The van der Waals surface area contributed by atoms with Crippen molar-refractivity contribution < 1.29 is 9.84 Å². The van der Waals surface area contributed by atoms with Crippen LogP contribution >= 0.6 is 0 Å². The van der Waals surface area contributed by atoms with E-state index in [0.717, 1.165) is 23.6 Å². The molecule has 5 nitrogen and oxygen atoms in total. The lowest BCUT2D eigenvalue weighted by molar-refractivity contribution is 0.0358. The minimum atomic E-state index is -0.870. The second-order valence-electron chi connectivity index (χ2n) is 5.03. The van der Waals surface area contributed by atoms with Crippen LogP contribution in [0.2, 0.25) is 0 Å². The molecule has 0 bridgehead atoms. The van der Waals surface area contributed by atoms with Gasteiger partial charge < -0.3 is 9.84 Å². The quantitative estimate of drug-likeness (QED) is 0.899. The zero-order valence-electron chi connectivity index (χ0n) is 11.1. The van der Waals surface area contributed by atoms with Crippen molar-refractivity contribution in [3.8, 4) is 5.75 Å². The molecule has 1 aromatic heterocycles. The van der Waals surface area contributed by atoms with Crippen molar-refractivity contribution >= 4 is 0 Å². The van der Waals surface area contributed by atoms with Crippen LogP contribution in [0.15, 0.2) is 24.5 Å². The molecule has 0 saturated heterocycles. The second kappa shape index (κ2) is 4.35. The van der Waals surface area contributed by atoms with Crippen LogP contribution in [-0.2, 0) is 25.5 Å². The molecular weight excluding hydrogens is 242 g/mol. The molecule has 1 atom stereocenters. The highest BCUT2D eigenvalue weighted by Gasteiger charge is 2.38. The molecule has 1 unspecified atom stereocenters. The number of hydrogen-bond donors (Lipinski definition) is 1. The lowest BCUT2D eigenvalue weighted by atomic mass is 9.92. The van der Waals surface area contributed by atoms with E-state index >= 15 is 0 Å². The summed E-state index contributed by atoms with van der Waals surface area (Å²) in [5.74, 6) is 1.57. The summed E-state index contributed by atoms with van der Waals surface area (Å²) in [6, 6.07) is 5.90. The molecule has 1 N–H and O–H groups in total. The topological polar surface area (TPSA) is 60.2 Å². The van der Waals surface area contributed by atoms with E-state index in [4.69, 9.17) is 4.74 Å². The monoisotopic (exact) mass is 259 g/mol. The van der Waals surface area contributed by atoms with Crippen molar-refractivity contribution in [3.63, 3.8) is 0 Å². The Balaban J connectivity index is 1.97. The first-order valence-electron chi connectivity index (χ1n) is 6.35. The van der Waals surface area contributed by atoms with Crippen LogP contribution in [0.5, 0.6) is 5.75 Å². The summed E-state index contributed by atoms with van der Waals surface area (Å²) in [4.78, 5) is 4.20. The Hall–Kier alpha value is -1.88. The number of aliphatic hydroxyl groups is 1. The van der Waals surface area contributed by atoms with Gasteiger partial charge in [-0.2, -0.15) is 5.10 Å². The standard InChI is InChI=1S/C14H17N3O2/c1-17-13(15-9-16-17)8-14(18)6-5-10-3-4-11(19-2)7-12(10)14/h3-4,7,9,18H,5-6,8H2,1-2H3. The Kier molecular flexibility index (Phi) is 2.78. The van der Waals surface area contributed by atoms with E-state index in [1.807, 2.05) is 25.2 Å². The molecule has 0 aliphatic heterocycles. The Morgan fingerprint density at radius 1 is 1.47 bits per heavy atom. The van der Waals surface area contributed by atoms with E-state index < -0.39 is 5.60 Å². The molecule has 3 rings (SSSR count). The summed E-state index contributed by atoms with van der Waals surface area (Å²) in [5.41, 5.74) is 1.27. The maximum absolute atomic E-state index is 10.9. The van der Waals surface area contributed by atoms with Gasteiger partial charge >= 0.3 is 0 Å². The molecule has 1 aliphatic carbocycles. The van der Waals surface area contributed by atoms with E-state index in [1.54, 1.807) is 11.8 Å². The van der Waals surface area contributed by atoms with E-state index in [9.17, 15) is 5.11 Å². The van der Waals surface area contributed by atoms with E-state index in [1.165, 1.54) is 11.9 Å². The van der Waals surface area contributed by atoms with Crippen molar-refractivity contribution in [2.75, 3.05) is 7.11 Å². The largest absolute Gasteiger partial charge is 0.497 e. The van der Waals surface area contributed by atoms with E-state index in [-0.39, 0.29) is 0 Å². The Bertz CT molecular complexity index is 608. The van der Waals surface area contributed by atoms with Crippen LogP contribution in [0.25, 0.3) is 0 Å². The van der Waals surface area contributed by atoms with E-state index in [2.05, 4.69) is 10.1 Å². The third-order valence-corrected chi connectivity index (χ3v) is 3.88. The molecule has 1 aliphatic rings. The molecule has 0 saturated carbocycles. The summed E-state index contributed by atoms with van der Waals surface area (Å²) < 4.78 is 6.95. The third-order valence-electron chi connectivity index (χ3n) is 3.88. The molecule has 5 heteroatoms. The van der Waals surface area contributed by atoms with Gasteiger partial charge in [-0.3, -0.25) is 4.68 Å². The van der Waals surface area contributed by atoms with Gasteiger partial charge in [0.1, 0.15) is 17.9 Å². The van der Waals surface area contributed by atoms with Crippen molar-refractivity contribution in [2.45, 2.75) is 24.9 Å². The Morgan fingerprint density at radius 3 is 3.00 bits per heavy atom. The van der Waals surface area contributed by atoms with Gasteiger partial charge in [0.25, 0.3) is 0 Å². The molecular formula is C14H17N3O2. The van der Waals surface area contributed by atoms with Crippen LogP contribution in [0.3, 0.4) is 0 Å². The summed E-state index contributed by atoms with van der Waals surface area (Å²) in [6.45, 7) is 0. The lowest BCUT2D eigenvalue weighted by Crippen LogP contribution is -2.27. The van der Waals surface area contributed by atoms with Gasteiger partial charge in [0, 0.05) is 13.5 Å². The summed E-state index contributed by atoms with van der Waals surface area (Å²) in [7, 11) is 3.48. The number of nitrogens with zero attached hydrogens (tertiary/aromatic N) is 3. The van der Waals surface area contributed by atoms with Gasteiger partial charge in [0.05, 0.1) is 12.7 Å². The first-order valence-corrected chi connectivity index (χ1v) is 6.35. The maximum Gasteiger partial charge on any atom is 0.138 e. The minimum Gasteiger partial charge on any atom is -0.497 e. The highest BCUT2D eigenvalue weighted by Crippen LogP contribution is 2.40. The SMILES string of the molecule is COc1ccc2c(c1)C(O)(Cc1ncnn1C)CC2. The third kappa shape index (κ3) is 2.00. The van der Waals surface area contributed by atoms with Crippen LogP contribution in [-0.4, -0.2) is 27.0 Å². The average molecular weight is 259 g/mol. The zero-order chi connectivity index (χ0) is 13.5. The average Bonchev–Trinajstić information content (AvgIpc) is 2.95. The molecule has 1 heterocycles. The number of ether oxygens (including phenoxy) is 1. The van der Waals surface area contributed by atoms with Crippen LogP contribution < -0.4 is 4.74 Å². The first-order chi connectivity index (χ1) is 9.12. The highest BCUT2D eigenvalue weighted by molar-refractivity contribution is 5.43. The van der Waals surface area contributed by atoms with Crippen molar-refractivity contribution in [2.24, 2.45) is 7.05 Å². The maximum atomic E-state index is 10.9. The molecule has 0 fully saturated rings. The second-order valence-corrected chi connectivity index (χ2v) is 5.03. The molecule has 1 aromatic carbocycles. The Labute approximate surface area is 111 Å². The van der Waals surface area contributed by atoms with Gasteiger partial charge in [-0.05, 0) is 36.1 Å². The molecule has 19 heavy (non-hydrogen) atoms. The fraction of sp³-hybridized carbons (Fsp3) is 0.429. The zero-order valence-corrected chi connectivity index (χ0v) is 11.1. The van der Waals surface area contributed by atoms with Crippen molar-refractivity contribution in [3.05, 3.63) is 41.5 Å². The smallest absolute Gasteiger partial charge is 0.138 e. The van der Waals surface area contributed by atoms with Gasteiger partial charge in [-0.15, -0.1) is 0 Å². The molecule has 0 radical (unpaired) electrons. The fourth-order valence-corrected chi connectivity index (χ4v) is 2.74. The summed E-state index contributed by atoms with van der Waals surface area (Å²) in [5, 5.41) is 15.0. The van der Waals surface area contributed by atoms with Crippen LogP contribution in [0, 0.1) is 0 Å². The normalized spacial score (nSPS) is 21.4. The molecule has 0 spiro atoms. The summed E-state index contributed by atoms with van der Waals surface area (Å²) >= 11 is 0. The number of aryl methyl sites for hydroxylation is 2. The molecule has 2 aromatic rings. The van der Waals surface area contributed by atoms with Crippen LogP contribution in [0.4, 0.5) is 0 Å².